The highest BCUT2D eigenvalue weighted by molar-refractivity contribution is 5.92. The van der Waals surface area contributed by atoms with Crippen molar-refractivity contribution in [1.82, 2.24) is 21.0 Å². The van der Waals surface area contributed by atoms with Gasteiger partial charge >= 0.3 is 6.09 Å². The van der Waals surface area contributed by atoms with Crippen molar-refractivity contribution in [3.63, 3.8) is 0 Å². The molecule has 9 nitrogen and oxygen atoms in total. The van der Waals surface area contributed by atoms with Crippen LogP contribution in [0, 0.1) is 5.92 Å². The van der Waals surface area contributed by atoms with E-state index in [0.717, 1.165) is 16.5 Å². The Morgan fingerprint density at radius 2 is 1.81 bits per heavy atom. The molecular formula is C22H33N5O4. The molecule has 0 saturated carbocycles. The third-order valence-electron chi connectivity index (χ3n) is 5.04. The number of H-pyrrole nitrogens is 1. The van der Waals surface area contributed by atoms with Crippen molar-refractivity contribution in [2.24, 2.45) is 11.8 Å². The molecule has 0 fully saturated rings. The number of nitrogens with one attached hydrogen (secondary N) is 4. The Labute approximate surface area is 182 Å². The van der Waals surface area contributed by atoms with Crippen LogP contribution < -0.4 is 21.9 Å². The van der Waals surface area contributed by atoms with E-state index in [1.807, 2.05) is 38.1 Å². The van der Waals surface area contributed by atoms with Crippen LogP contribution in [0.2, 0.25) is 0 Å². The molecule has 1 heterocycles. The van der Waals surface area contributed by atoms with Crippen molar-refractivity contribution in [2.45, 2.75) is 65.1 Å². The van der Waals surface area contributed by atoms with Crippen molar-refractivity contribution in [3.05, 3.63) is 36.0 Å². The number of fused-ring (bicyclic) bond motifs is 1. The van der Waals surface area contributed by atoms with Gasteiger partial charge in [-0.1, -0.05) is 38.5 Å². The number of hydrazine groups is 1. The van der Waals surface area contributed by atoms with Crippen LogP contribution in [0.3, 0.4) is 0 Å². The first kappa shape index (κ1) is 24.2. The second-order valence-corrected chi connectivity index (χ2v) is 8.64. The number of carbonyl (C=O) groups excluding carboxylic acids is 3. The number of para-hydroxylation sites is 1. The number of hydrogen-bond acceptors (Lipinski definition) is 5. The van der Waals surface area contributed by atoms with Gasteiger partial charge in [0, 0.05) is 23.5 Å². The maximum absolute atomic E-state index is 13.1. The molecule has 2 aromatic rings. The summed E-state index contributed by atoms with van der Waals surface area (Å²) in [6.45, 7) is 8.98. The first-order chi connectivity index (χ1) is 14.6. The Morgan fingerprint density at radius 1 is 1.13 bits per heavy atom. The van der Waals surface area contributed by atoms with Crippen molar-refractivity contribution in [2.75, 3.05) is 0 Å². The van der Waals surface area contributed by atoms with Gasteiger partial charge in [-0.3, -0.25) is 15.0 Å². The summed E-state index contributed by atoms with van der Waals surface area (Å²) in [5, 5.41) is 6.33. The average molecular weight is 432 g/mol. The van der Waals surface area contributed by atoms with E-state index in [9.17, 15) is 14.4 Å². The second-order valence-electron chi connectivity index (χ2n) is 8.64. The quantitative estimate of drug-likeness (QED) is 0.248. The lowest BCUT2D eigenvalue weighted by molar-refractivity contribution is -0.131. The minimum absolute atomic E-state index is 0.150. The lowest BCUT2D eigenvalue weighted by Gasteiger charge is -2.27. The average Bonchev–Trinajstić information content (AvgIpc) is 3.11. The number of carbonyl (C=O) groups is 3. The van der Waals surface area contributed by atoms with Gasteiger partial charge in [0.25, 0.3) is 5.91 Å². The maximum Gasteiger partial charge on any atom is 0.408 e. The SMILES string of the molecule is CC[C@H](C)[C@@H](NC(=O)[C@@H](Cc1c[nH]c2ccccc12)NC(=O)OC(C)(C)C)C(=O)NN. The van der Waals surface area contributed by atoms with E-state index in [4.69, 9.17) is 10.6 Å². The van der Waals surface area contributed by atoms with Crippen molar-refractivity contribution in [3.8, 4) is 0 Å². The van der Waals surface area contributed by atoms with Crippen molar-refractivity contribution in [1.29, 1.82) is 0 Å². The van der Waals surface area contributed by atoms with Gasteiger partial charge in [-0.05, 0) is 38.3 Å². The molecular weight excluding hydrogens is 398 g/mol. The highest BCUT2D eigenvalue weighted by Crippen LogP contribution is 2.20. The van der Waals surface area contributed by atoms with E-state index in [1.165, 1.54) is 0 Å². The monoisotopic (exact) mass is 431 g/mol. The van der Waals surface area contributed by atoms with E-state index < -0.39 is 35.6 Å². The molecule has 0 aliphatic heterocycles. The number of rotatable bonds is 8. The third-order valence-corrected chi connectivity index (χ3v) is 5.04. The zero-order valence-electron chi connectivity index (χ0n) is 18.7. The Morgan fingerprint density at radius 3 is 2.42 bits per heavy atom. The van der Waals surface area contributed by atoms with E-state index in [-0.39, 0.29) is 12.3 Å². The van der Waals surface area contributed by atoms with E-state index in [1.54, 1.807) is 27.0 Å². The maximum atomic E-state index is 13.1. The van der Waals surface area contributed by atoms with Gasteiger partial charge < -0.3 is 20.4 Å². The Hall–Kier alpha value is -3.07. The summed E-state index contributed by atoms with van der Waals surface area (Å²) in [5.41, 5.74) is 3.16. The molecule has 0 unspecified atom stereocenters. The lowest BCUT2D eigenvalue weighted by atomic mass is 9.97. The van der Waals surface area contributed by atoms with Crippen molar-refractivity contribution < 1.29 is 19.1 Å². The first-order valence-corrected chi connectivity index (χ1v) is 10.4. The molecule has 0 aliphatic carbocycles. The molecule has 0 bridgehead atoms. The number of aromatic nitrogens is 1. The second kappa shape index (κ2) is 10.3. The number of alkyl carbamates (subject to hydrolysis) is 1. The minimum Gasteiger partial charge on any atom is -0.444 e. The van der Waals surface area contributed by atoms with Gasteiger partial charge in [0.1, 0.15) is 17.7 Å². The van der Waals surface area contributed by atoms with E-state index >= 15 is 0 Å². The number of amides is 3. The van der Waals surface area contributed by atoms with Crippen molar-refractivity contribution >= 4 is 28.8 Å². The van der Waals surface area contributed by atoms with Crippen LogP contribution in [0.1, 0.15) is 46.6 Å². The molecule has 170 valence electrons. The molecule has 31 heavy (non-hydrogen) atoms. The highest BCUT2D eigenvalue weighted by Gasteiger charge is 2.31. The highest BCUT2D eigenvalue weighted by atomic mass is 16.6. The number of ether oxygens (including phenoxy) is 1. The molecule has 6 N–H and O–H groups in total. The predicted molar refractivity (Wildman–Crippen MR) is 119 cm³/mol. The van der Waals surface area contributed by atoms with Gasteiger partial charge in [-0.2, -0.15) is 0 Å². The van der Waals surface area contributed by atoms with E-state index in [2.05, 4.69) is 21.0 Å². The summed E-state index contributed by atoms with van der Waals surface area (Å²) in [4.78, 5) is 40.9. The molecule has 0 spiro atoms. The van der Waals surface area contributed by atoms with Crippen LogP contribution in [0.25, 0.3) is 10.9 Å². The largest absolute Gasteiger partial charge is 0.444 e. The molecule has 1 aromatic carbocycles. The molecule has 3 amide bonds. The zero-order valence-corrected chi connectivity index (χ0v) is 18.7. The molecule has 0 aliphatic rings. The molecule has 9 heteroatoms. The minimum atomic E-state index is -0.953. The van der Waals surface area contributed by atoms with Crippen LogP contribution in [-0.2, 0) is 20.7 Å². The molecule has 3 atom stereocenters. The van der Waals surface area contributed by atoms with Crippen LogP contribution in [0.15, 0.2) is 30.5 Å². The molecule has 2 rings (SSSR count). The zero-order chi connectivity index (χ0) is 23.2. The third kappa shape index (κ3) is 6.71. The van der Waals surface area contributed by atoms with Gasteiger partial charge in [0.05, 0.1) is 0 Å². The topological polar surface area (TPSA) is 138 Å². The standard InChI is InChI=1S/C22H33N5O4/c1-6-13(2)18(20(29)27-23)26-19(28)17(25-21(30)31-22(3,4)5)11-14-12-24-16-10-8-7-9-15(14)16/h7-10,12-13,17-18,24H,6,11,23H2,1-5H3,(H,25,30)(H,26,28)(H,27,29)/t13-,17+,18+/m0/s1. The summed E-state index contributed by atoms with van der Waals surface area (Å²) < 4.78 is 5.33. The fraction of sp³-hybridized carbons (Fsp3) is 0.500. The Kier molecular flexibility index (Phi) is 8.04. The smallest absolute Gasteiger partial charge is 0.408 e. The van der Waals surface area contributed by atoms with Gasteiger partial charge in [0.2, 0.25) is 5.91 Å². The van der Waals surface area contributed by atoms with Gasteiger partial charge in [-0.15, -0.1) is 0 Å². The van der Waals surface area contributed by atoms with Crippen LogP contribution in [0.4, 0.5) is 4.79 Å². The van der Waals surface area contributed by atoms with E-state index in [0.29, 0.717) is 6.42 Å². The number of hydrogen-bond donors (Lipinski definition) is 5. The molecule has 1 aromatic heterocycles. The number of benzene rings is 1. The van der Waals surface area contributed by atoms with Crippen LogP contribution in [0.5, 0.6) is 0 Å². The van der Waals surface area contributed by atoms with Gasteiger partial charge in [0.15, 0.2) is 0 Å². The predicted octanol–water partition coefficient (Wildman–Crippen LogP) is 2.12. The number of aromatic amines is 1. The fourth-order valence-corrected chi connectivity index (χ4v) is 3.23. The summed E-state index contributed by atoms with van der Waals surface area (Å²) in [6, 6.07) is 5.90. The lowest BCUT2D eigenvalue weighted by Crippen LogP contribution is -2.57. The Bertz CT molecular complexity index is 918. The summed E-state index contributed by atoms with van der Waals surface area (Å²) in [5.74, 6) is 4.15. The molecule has 0 saturated heterocycles. The summed E-state index contributed by atoms with van der Waals surface area (Å²) in [7, 11) is 0. The fourth-order valence-electron chi connectivity index (χ4n) is 3.23. The summed E-state index contributed by atoms with van der Waals surface area (Å²) >= 11 is 0. The normalized spacial score (nSPS) is 14.4. The first-order valence-electron chi connectivity index (χ1n) is 10.4. The van der Waals surface area contributed by atoms with Gasteiger partial charge in [-0.25, -0.2) is 10.6 Å². The molecule has 0 radical (unpaired) electrons. The number of nitrogens with two attached hydrogens (primary N) is 1. The van der Waals surface area contributed by atoms with Crippen LogP contribution in [-0.4, -0.2) is 40.6 Å². The summed E-state index contributed by atoms with van der Waals surface area (Å²) in [6.07, 6.45) is 1.97. The van der Waals surface area contributed by atoms with Crippen LogP contribution >= 0.6 is 0 Å². The Balaban J connectivity index is 2.28.